The van der Waals surface area contributed by atoms with Gasteiger partial charge in [-0.05, 0) is 43.7 Å². The minimum absolute atomic E-state index is 0.0675. The topological polar surface area (TPSA) is 102 Å². The van der Waals surface area contributed by atoms with E-state index in [9.17, 15) is 19.7 Å². The van der Waals surface area contributed by atoms with Crippen LogP contribution in [0.2, 0.25) is 0 Å². The molecule has 2 fully saturated rings. The third kappa shape index (κ3) is 4.50. The van der Waals surface area contributed by atoms with Crippen LogP contribution in [-0.4, -0.2) is 47.4 Å². The van der Waals surface area contributed by atoms with Gasteiger partial charge in [-0.25, -0.2) is 4.79 Å². The summed E-state index contributed by atoms with van der Waals surface area (Å²) in [5, 5.41) is 14.3. The number of benzene rings is 1. The number of esters is 1. The smallest absolute Gasteiger partial charge is 0.338 e. The fourth-order valence-corrected chi connectivity index (χ4v) is 3.10. The minimum atomic E-state index is -0.732. The average molecular weight is 361 g/mol. The number of nitrogens with one attached hydrogen (secondary N) is 1. The second-order valence-corrected chi connectivity index (χ2v) is 7.07. The molecule has 1 atom stereocenters. The fourth-order valence-electron chi connectivity index (χ4n) is 3.10. The normalized spacial score (nSPS) is 19.7. The zero-order valence-electron chi connectivity index (χ0n) is 14.8. The van der Waals surface area contributed by atoms with E-state index in [2.05, 4.69) is 12.2 Å². The number of likely N-dealkylation sites (tertiary alicyclic amines) is 1. The van der Waals surface area contributed by atoms with Crippen LogP contribution in [0.15, 0.2) is 18.2 Å². The van der Waals surface area contributed by atoms with E-state index in [0.717, 1.165) is 25.7 Å². The molecule has 0 aromatic heterocycles. The maximum absolute atomic E-state index is 12.2. The Morgan fingerprint density at radius 1 is 1.35 bits per heavy atom. The zero-order chi connectivity index (χ0) is 18.7. The first kappa shape index (κ1) is 18.2. The molecule has 3 rings (SSSR count). The highest BCUT2D eigenvalue weighted by Crippen LogP contribution is 2.31. The Morgan fingerprint density at radius 3 is 2.77 bits per heavy atom. The van der Waals surface area contributed by atoms with Gasteiger partial charge in [-0.15, -0.1) is 0 Å². The number of nitro groups is 1. The first-order chi connectivity index (χ1) is 12.4. The number of carbonyl (C=O) groups excluding carboxylic acids is 2. The summed E-state index contributed by atoms with van der Waals surface area (Å²) in [5.41, 5.74) is 0.299. The Morgan fingerprint density at radius 2 is 2.12 bits per heavy atom. The van der Waals surface area contributed by atoms with E-state index >= 15 is 0 Å². The summed E-state index contributed by atoms with van der Waals surface area (Å²) in [6.45, 7) is 3.08. The lowest BCUT2D eigenvalue weighted by Crippen LogP contribution is -2.41. The van der Waals surface area contributed by atoms with E-state index < -0.39 is 10.9 Å². The van der Waals surface area contributed by atoms with Crippen LogP contribution in [0.4, 0.5) is 11.4 Å². The van der Waals surface area contributed by atoms with Crippen LogP contribution in [0.3, 0.4) is 0 Å². The zero-order valence-corrected chi connectivity index (χ0v) is 14.8. The quantitative estimate of drug-likeness (QED) is 0.475. The van der Waals surface area contributed by atoms with Gasteiger partial charge in [-0.2, -0.15) is 0 Å². The van der Waals surface area contributed by atoms with Crippen LogP contribution < -0.4 is 5.32 Å². The summed E-state index contributed by atoms with van der Waals surface area (Å²) < 4.78 is 5.07. The van der Waals surface area contributed by atoms with E-state index in [4.69, 9.17) is 4.74 Å². The number of anilines is 1. The van der Waals surface area contributed by atoms with Crippen molar-refractivity contribution in [3.05, 3.63) is 33.9 Å². The molecule has 1 aliphatic carbocycles. The average Bonchev–Trinajstić information content (AvgIpc) is 3.43. The summed E-state index contributed by atoms with van der Waals surface area (Å²) in [5.74, 6) is -0.520. The summed E-state index contributed by atoms with van der Waals surface area (Å²) >= 11 is 0. The van der Waals surface area contributed by atoms with Gasteiger partial charge in [-0.1, -0.05) is 6.92 Å². The molecule has 8 heteroatoms. The highest BCUT2D eigenvalue weighted by Gasteiger charge is 2.26. The Balaban J connectivity index is 1.61. The maximum atomic E-state index is 12.2. The lowest BCUT2D eigenvalue weighted by Gasteiger charge is -2.30. The molecular weight excluding hydrogens is 338 g/mol. The number of nitrogens with zero attached hydrogens (tertiary/aromatic N) is 2. The number of carbonyl (C=O) groups is 2. The van der Waals surface area contributed by atoms with Crippen molar-refractivity contribution in [3.8, 4) is 0 Å². The summed E-state index contributed by atoms with van der Waals surface area (Å²) in [7, 11) is 0. The predicted molar refractivity (Wildman–Crippen MR) is 95.0 cm³/mol. The Hall–Kier alpha value is -2.64. The van der Waals surface area contributed by atoms with E-state index in [1.807, 2.05) is 0 Å². The van der Waals surface area contributed by atoms with Gasteiger partial charge in [0.1, 0.15) is 5.69 Å². The van der Waals surface area contributed by atoms with Gasteiger partial charge in [0.05, 0.1) is 10.5 Å². The number of rotatable bonds is 6. The molecule has 1 aliphatic heterocycles. The molecule has 26 heavy (non-hydrogen) atoms. The molecule has 2 aliphatic rings. The molecule has 1 amide bonds. The number of amides is 1. The van der Waals surface area contributed by atoms with Crippen LogP contribution in [0.25, 0.3) is 0 Å². The molecular formula is C18H23N3O5. The van der Waals surface area contributed by atoms with Gasteiger partial charge in [0.25, 0.3) is 11.6 Å². The van der Waals surface area contributed by atoms with Crippen LogP contribution >= 0.6 is 0 Å². The number of nitro benzene ring substituents is 1. The van der Waals surface area contributed by atoms with Crippen LogP contribution in [-0.2, 0) is 9.53 Å². The second kappa shape index (κ2) is 7.72. The predicted octanol–water partition coefficient (Wildman–Crippen LogP) is 2.58. The highest BCUT2D eigenvalue weighted by molar-refractivity contribution is 5.93. The molecule has 1 heterocycles. The second-order valence-electron chi connectivity index (χ2n) is 7.07. The van der Waals surface area contributed by atoms with Gasteiger partial charge in [-0.3, -0.25) is 14.9 Å². The molecule has 140 valence electrons. The summed E-state index contributed by atoms with van der Waals surface area (Å²) in [4.78, 5) is 36.8. The lowest BCUT2D eigenvalue weighted by molar-refractivity contribution is -0.384. The van der Waals surface area contributed by atoms with Gasteiger partial charge in [0, 0.05) is 25.2 Å². The molecule has 0 unspecified atom stereocenters. The molecule has 0 bridgehead atoms. The van der Waals surface area contributed by atoms with Crippen molar-refractivity contribution < 1.29 is 19.2 Å². The summed E-state index contributed by atoms with van der Waals surface area (Å²) in [6.07, 6.45) is 4.01. The van der Waals surface area contributed by atoms with E-state index in [1.54, 1.807) is 4.90 Å². The van der Waals surface area contributed by atoms with Gasteiger partial charge in [0.2, 0.25) is 0 Å². The fraction of sp³-hybridized carbons (Fsp3) is 0.556. The maximum Gasteiger partial charge on any atom is 0.338 e. The van der Waals surface area contributed by atoms with Crippen molar-refractivity contribution in [1.82, 2.24) is 4.90 Å². The van der Waals surface area contributed by atoms with Gasteiger partial charge in [0.15, 0.2) is 6.61 Å². The van der Waals surface area contributed by atoms with Crippen molar-refractivity contribution in [2.24, 2.45) is 5.92 Å². The third-order valence-electron chi connectivity index (χ3n) is 4.70. The molecule has 1 saturated heterocycles. The molecule has 1 aromatic carbocycles. The molecule has 1 saturated carbocycles. The first-order valence-corrected chi connectivity index (χ1v) is 8.94. The largest absolute Gasteiger partial charge is 0.452 e. The molecule has 0 radical (unpaired) electrons. The third-order valence-corrected chi connectivity index (χ3v) is 4.70. The van der Waals surface area contributed by atoms with Crippen molar-refractivity contribution in [3.63, 3.8) is 0 Å². The van der Waals surface area contributed by atoms with Crippen molar-refractivity contribution in [2.45, 2.75) is 38.6 Å². The molecule has 1 N–H and O–H groups in total. The monoisotopic (exact) mass is 361 g/mol. The standard InChI is InChI=1S/C18H23N3O5/c1-12-3-2-8-20(10-12)17(22)11-26-18(23)13-4-7-15(19-14-5-6-14)16(9-13)21(24)25/h4,7,9,12,14,19H,2-3,5-6,8,10-11H2,1H3/t12-/m1/s1. The molecule has 8 nitrogen and oxygen atoms in total. The molecule has 0 spiro atoms. The lowest BCUT2D eigenvalue weighted by atomic mass is 10.0. The Labute approximate surface area is 151 Å². The van der Waals surface area contributed by atoms with Crippen LogP contribution in [0, 0.1) is 16.0 Å². The van der Waals surface area contributed by atoms with Crippen LogP contribution in [0.5, 0.6) is 0 Å². The number of hydrogen-bond donors (Lipinski definition) is 1. The van der Waals surface area contributed by atoms with E-state index in [1.165, 1.54) is 18.2 Å². The minimum Gasteiger partial charge on any atom is -0.452 e. The number of hydrogen-bond acceptors (Lipinski definition) is 6. The van der Waals surface area contributed by atoms with E-state index in [-0.39, 0.29) is 29.8 Å². The number of piperidine rings is 1. The van der Waals surface area contributed by atoms with Crippen molar-refractivity contribution >= 4 is 23.3 Å². The molecule has 1 aromatic rings. The van der Waals surface area contributed by atoms with Crippen molar-refractivity contribution in [2.75, 3.05) is 25.0 Å². The summed E-state index contributed by atoms with van der Waals surface area (Å²) in [6, 6.07) is 4.45. The van der Waals surface area contributed by atoms with Crippen molar-refractivity contribution in [1.29, 1.82) is 0 Å². The van der Waals surface area contributed by atoms with E-state index in [0.29, 0.717) is 24.7 Å². The first-order valence-electron chi connectivity index (χ1n) is 8.94. The SMILES string of the molecule is C[C@@H]1CCCN(C(=O)COC(=O)c2ccc(NC3CC3)c([N+](=O)[O-])c2)C1. The Kier molecular flexibility index (Phi) is 5.39. The van der Waals surface area contributed by atoms with Gasteiger partial charge >= 0.3 is 5.97 Å². The Bertz CT molecular complexity index is 717. The highest BCUT2D eigenvalue weighted by atomic mass is 16.6. The van der Waals surface area contributed by atoms with Gasteiger partial charge < -0.3 is 15.0 Å². The van der Waals surface area contributed by atoms with Crippen LogP contribution in [0.1, 0.15) is 43.0 Å². The number of ether oxygens (including phenoxy) is 1.